The molecule has 13 heavy (non-hydrogen) atoms. The van der Waals surface area contributed by atoms with Crippen molar-refractivity contribution in [3.63, 3.8) is 0 Å². The second-order valence-electron chi connectivity index (χ2n) is 3.92. The van der Waals surface area contributed by atoms with Crippen LogP contribution in [0.4, 0.5) is 0 Å². The monoisotopic (exact) mass is 187 g/mol. The Morgan fingerprint density at radius 3 is 2.38 bits per heavy atom. The van der Waals surface area contributed by atoms with Crippen LogP contribution in [0.3, 0.4) is 0 Å². The average Bonchev–Trinajstić information content (AvgIpc) is 2.03. The number of nitrogens with one attached hydrogen (secondary N) is 1. The van der Waals surface area contributed by atoms with E-state index in [1.165, 1.54) is 19.3 Å². The van der Waals surface area contributed by atoms with Crippen LogP contribution < -0.4 is 5.32 Å². The van der Waals surface area contributed by atoms with Gasteiger partial charge in [0, 0.05) is 0 Å². The fourth-order valence-corrected chi connectivity index (χ4v) is 1.03. The smallest absolute Gasteiger partial charge is 0.323 e. The first-order chi connectivity index (χ1) is 6.00. The Morgan fingerprint density at radius 1 is 1.31 bits per heavy atom. The molecule has 0 aliphatic carbocycles. The van der Waals surface area contributed by atoms with Gasteiger partial charge in [0.1, 0.15) is 5.54 Å². The van der Waals surface area contributed by atoms with E-state index in [2.05, 4.69) is 12.2 Å². The van der Waals surface area contributed by atoms with Crippen LogP contribution in [0.5, 0.6) is 0 Å². The summed E-state index contributed by atoms with van der Waals surface area (Å²) in [6.45, 7) is 6.33. The molecule has 0 saturated heterocycles. The van der Waals surface area contributed by atoms with Crippen LogP contribution in [0.2, 0.25) is 0 Å². The Morgan fingerprint density at radius 2 is 1.92 bits per heavy atom. The van der Waals surface area contributed by atoms with Gasteiger partial charge in [-0.3, -0.25) is 4.79 Å². The van der Waals surface area contributed by atoms with Gasteiger partial charge in [0.15, 0.2) is 0 Å². The van der Waals surface area contributed by atoms with E-state index in [9.17, 15) is 4.79 Å². The van der Waals surface area contributed by atoms with Gasteiger partial charge in [-0.1, -0.05) is 26.2 Å². The molecule has 78 valence electrons. The molecule has 0 fully saturated rings. The van der Waals surface area contributed by atoms with Crippen molar-refractivity contribution in [1.29, 1.82) is 0 Å². The first-order valence-electron chi connectivity index (χ1n) is 4.99. The molecule has 0 rings (SSSR count). The summed E-state index contributed by atoms with van der Waals surface area (Å²) >= 11 is 0. The summed E-state index contributed by atoms with van der Waals surface area (Å²) in [4.78, 5) is 10.7. The zero-order chi connectivity index (χ0) is 10.3. The highest BCUT2D eigenvalue weighted by Crippen LogP contribution is 2.03. The fraction of sp³-hybridized carbons (Fsp3) is 0.900. The van der Waals surface area contributed by atoms with Crippen LogP contribution in [0.25, 0.3) is 0 Å². The molecule has 0 aliphatic heterocycles. The second kappa shape index (κ2) is 5.97. The molecule has 0 radical (unpaired) electrons. The van der Waals surface area contributed by atoms with Gasteiger partial charge in [0.25, 0.3) is 0 Å². The maximum Gasteiger partial charge on any atom is 0.323 e. The number of unbranched alkanes of at least 4 members (excludes halogenated alkanes) is 3. The molecule has 0 amide bonds. The van der Waals surface area contributed by atoms with Crippen LogP contribution in [-0.4, -0.2) is 23.2 Å². The highest BCUT2D eigenvalue weighted by Gasteiger charge is 2.25. The predicted octanol–water partition coefficient (Wildman–Crippen LogP) is 2.02. The van der Waals surface area contributed by atoms with E-state index in [0.717, 1.165) is 13.0 Å². The van der Waals surface area contributed by atoms with E-state index >= 15 is 0 Å². The van der Waals surface area contributed by atoms with Crippen LogP contribution in [0.1, 0.15) is 46.5 Å². The summed E-state index contributed by atoms with van der Waals surface area (Å²) in [5, 5.41) is 11.8. The Balaban J connectivity index is 3.46. The predicted molar refractivity (Wildman–Crippen MR) is 53.9 cm³/mol. The molecule has 2 N–H and O–H groups in total. The summed E-state index contributed by atoms with van der Waals surface area (Å²) in [7, 11) is 0. The molecular weight excluding hydrogens is 166 g/mol. The molecule has 3 heteroatoms. The number of carboxylic acids is 1. The van der Waals surface area contributed by atoms with E-state index < -0.39 is 11.5 Å². The Kier molecular flexibility index (Phi) is 5.71. The molecule has 0 bridgehead atoms. The molecule has 0 aromatic carbocycles. The lowest BCUT2D eigenvalue weighted by atomic mass is 10.1. The minimum Gasteiger partial charge on any atom is -0.480 e. The summed E-state index contributed by atoms with van der Waals surface area (Å²) in [5.41, 5.74) is -0.786. The molecule has 0 unspecified atom stereocenters. The van der Waals surface area contributed by atoms with Gasteiger partial charge in [-0.05, 0) is 26.8 Å². The van der Waals surface area contributed by atoms with Gasteiger partial charge in [-0.2, -0.15) is 0 Å². The molecule has 3 nitrogen and oxygen atoms in total. The van der Waals surface area contributed by atoms with E-state index in [1.807, 2.05) is 0 Å². The normalized spacial score (nSPS) is 11.6. The summed E-state index contributed by atoms with van der Waals surface area (Å²) < 4.78 is 0. The lowest BCUT2D eigenvalue weighted by molar-refractivity contribution is -0.143. The van der Waals surface area contributed by atoms with Gasteiger partial charge in [-0.15, -0.1) is 0 Å². The molecule has 0 atom stereocenters. The number of hydrogen-bond donors (Lipinski definition) is 2. The van der Waals surface area contributed by atoms with Crippen molar-refractivity contribution < 1.29 is 9.90 Å². The van der Waals surface area contributed by atoms with Crippen LogP contribution >= 0.6 is 0 Å². The first kappa shape index (κ1) is 12.4. The summed E-state index contributed by atoms with van der Waals surface area (Å²) in [6, 6.07) is 0. The third kappa shape index (κ3) is 5.64. The first-order valence-corrected chi connectivity index (χ1v) is 4.99. The van der Waals surface area contributed by atoms with Gasteiger partial charge in [-0.25, -0.2) is 0 Å². The molecule has 0 aromatic rings. The highest BCUT2D eigenvalue weighted by atomic mass is 16.4. The van der Waals surface area contributed by atoms with Crippen LogP contribution in [-0.2, 0) is 4.79 Å². The highest BCUT2D eigenvalue weighted by molar-refractivity contribution is 5.77. The average molecular weight is 187 g/mol. The molecular formula is C10H21NO2. The van der Waals surface area contributed by atoms with E-state index in [0.29, 0.717) is 0 Å². The third-order valence-corrected chi connectivity index (χ3v) is 2.13. The lowest BCUT2D eigenvalue weighted by Crippen LogP contribution is -2.46. The van der Waals surface area contributed by atoms with Crippen molar-refractivity contribution in [3.8, 4) is 0 Å². The SMILES string of the molecule is CCCCCCNC(C)(C)C(=O)O. The van der Waals surface area contributed by atoms with Gasteiger partial charge in [0.05, 0.1) is 0 Å². The zero-order valence-corrected chi connectivity index (χ0v) is 8.89. The standard InChI is InChI=1S/C10H21NO2/c1-4-5-6-7-8-11-10(2,3)9(12)13/h11H,4-8H2,1-3H3,(H,12,13). The van der Waals surface area contributed by atoms with Crippen LogP contribution in [0, 0.1) is 0 Å². The van der Waals surface area contributed by atoms with Crippen molar-refractivity contribution in [3.05, 3.63) is 0 Å². The minimum atomic E-state index is -0.789. The van der Waals surface area contributed by atoms with E-state index in [4.69, 9.17) is 5.11 Å². The number of carbonyl (C=O) groups is 1. The van der Waals surface area contributed by atoms with Gasteiger partial charge >= 0.3 is 5.97 Å². The fourth-order valence-electron chi connectivity index (χ4n) is 1.03. The maximum absolute atomic E-state index is 10.7. The molecule has 0 saturated carbocycles. The third-order valence-electron chi connectivity index (χ3n) is 2.13. The number of carboxylic acid groups (broad SMARTS) is 1. The topological polar surface area (TPSA) is 49.3 Å². The molecule has 0 spiro atoms. The number of aliphatic carboxylic acids is 1. The maximum atomic E-state index is 10.7. The minimum absolute atomic E-state index is 0.786. The Hall–Kier alpha value is -0.570. The zero-order valence-electron chi connectivity index (χ0n) is 8.89. The van der Waals surface area contributed by atoms with Crippen molar-refractivity contribution in [1.82, 2.24) is 5.32 Å². The Bertz CT molecular complexity index is 155. The van der Waals surface area contributed by atoms with Gasteiger partial charge < -0.3 is 10.4 Å². The molecule has 0 aliphatic rings. The lowest BCUT2D eigenvalue weighted by Gasteiger charge is -2.20. The molecule has 0 aromatic heterocycles. The Labute approximate surface area is 80.5 Å². The van der Waals surface area contributed by atoms with Crippen molar-refractivity contribution >= 4 is 5.97 Å². The quantitative estimate of drug-likeness (QED) is 0.599. The van der Waals surface area contributed by atoms with E-state index in [-0.39, 0.29) is 0 Å². The van der Waals surface area contributed by atoms with E-state index in [1.54, 1.807) is 13.8 Å². The summed E-state index contributed by atoms with van der Waals surface area (Å²) in [6.07, 6.45) is 4.68. The number of hydrogen-bond acceptors (Lipinski definition) is 2. The molecule has 0 heterocycles. The van der Waals surface area contributed by atoms with Crippen molar-refractivity contribution in [2.75, 3.05) is 6.54 Å². The van der Waals surface area contributed by atoms with Crippen molar-refractivity contribution in [2.45, 2.75) is 52.0 Å². The van der Waals surface area contributed by atoms with Crippen molar-refractivity contribution in [2.24, 2.45) is 0 Å². The number of rotatable bonds is 7. The largest absolute Gasteiger partial charge is 0.480 e. The second-order valence-corrected chi connectivity index (χ2v) is 3.92. The van der Waals surface area contributed by atoms with Gasteiger partial charge in [0.2, 0.25) is 0 Å². The van der Waals surface area contributed by atoms with Crippen LogP contribution in [0.15, 0.2) is 0 Å². The summed E-state index contributed by atoms with van der Waals surface area (Å²) in [5.74, 6) is -0.789.